The van der Waals surface area contributed by atoms with E-state index in [0.717, 1.165) is 13.0 Å². The van der Waals surface area contributed by atoms with Crippen LogP contribution >= 0.6 is 0 Å². The van der Waals surface area contributed by atoms with Crippen LogP contribution in [0.15, 0.2) is 48.5 Å². The molecule has 0 bridgehead atoms. The molecule has 0 saturated carbocycles. The highest BCUT2D eigenvalue weighted by molar-refractivity contribution is 6.80. The van der Waals surface area contributed by atoms with Gasteiger partial charge in [0.15, 0.2) is 0 Å². The van der Waals surface area contributed by atoms with Crippen molar-refractivity contribution in [1.29, 1.82) is 0 Å². The average molecular weight is 222 g/mol. The van der Waals surface area contributed by atoms with E-state index in [2.05, 4.69) is 55.5 Å². The largest absolute Gasteiger partial charge is 0.427 e. The lowest BCUT2D eigenvalue weighted by Gasteiger charge is -2.23. The molecule has 0 saturated heterocycles. The molecule has 0 atom stereocenters. The topological polar surface area (TPSA) is 9.23 Å². The third-order valence-corrected chi connectivity index (χ3v) is 3.34. The highest BCUT2D eigenvalue weighted by Gasteiger charge is 2.27. The first-order valence-electron chi connectivity index (χ1n) is 6.10. The fourth-order valence-corrected chi connectivity index (χ4v) is 2.50. The first-order chi connectivity index (χ1) is 8.34. The molecule has 1 aliphatic heterocycles. The van der Waals surface area contributed by atoms with E-state index in [1.54, 1.807) is 0 Å². The summed E-state index contributed by atoms with van der Waals surface area (Å²) < 4.78 is 5.95. The number of benzene rings is 2. The summed E-state index contributed by atoms with van der Waals surface area (Å²) in [7, 11) is 0. The van der Waals surface area contributed by atoms with Crippen molar-refractivity contribution < 1.29 is 4.65 Å². The minimum atomic E-state index is 0.111. The van der Waals surface area contributed by atoms with Gasteiger partial charge in [-0.15, -0.1) is 0 Å². The molecule has 2 aromatic carbocycles. The summed E-state index contributed by atoms with van der Waals surface area (Å²) >= 11 is 0. The highest BCUT2D eigenvalue weighted by atomic mass is 16.4. The Morgan fingerprint density at radius 3 is 2.82 bits per heavy atom. The molecule has 0 spiro atoms. The summed E-state index contributed by atoms with van der Waals surface area (Å²) in [5, 5.41) is 0. The van der Waals surface area contributed by atoms with Crippen LogP contribution in [0.3, 0.4) is 0 Å². The normalized spacial score (nSPS) is 14.5. The first kappa shape index (κ1) is 10.6. The van der Waals surface area contributed by atoms with Crippen LogP contribution in [0, 0.1) is 6.92 Å². The lowest BCUT2D eigenvalue weighted by Crippen LogP contribution is -2.49. The van der Waals surface area contributed by atoms with Crippen LogP contribution in [-0.2, 0) is 11.1 Å². The van der Waals surface area contributed by atoms with Gasteiger partial charge in [0, 0.05) is 6.61 Å². The molecule has 0 N–H and O–H groups in total. The fourth-order valence-electron chi connectivity index (χ4n) is 2.50. The van der Waals surface area contributed by atoms with Crippen molar-refractivity contribution in [3.8, 4) is 0 Å². The Morgan fingerprint density at radius 1 is 1.06 bits per heavy atom. The third-order valence-electron chi connectivity index (χ3n) is 3.34. The van der Waals surface area contributed by atoms with Crippen LogP contribution in [0.25, 0.3) is 0 Å². The van der Waals surface area contributed by atoms with Gasteiger partial charge in [0.1, 0.15) is 0 Å². The second kappa shape index (κ2) is 4.38. The number of hydrogen-bond acceptors (Lipinski definition) is 1. The average Bonchev–Trinajstić information content (AvgIpc) is 2.38. The van der Waals surface area contributed by atoms with Crippen LogP contribution in [0.1, 0.15) is 11.1 Å². The number of fused-ring (bicyclic) bond motifs is 1. The quantitative estimate of drug-likeness (QED) is 0.667. The molecule has 0 amide bonds. The Bertz CT molecular complexity index is 536. The molecule has 2 aromatic rings. The number of rotatable bonds is 1. The van der Waals surface area contributed by atoms with Gasteiger partial charge in [-0.25, -0.2) is 0 Å². The Labute approximate surface area is 103 Å². The van der Waals surface area contributed by atoms with E-state index in [-0.39, 0.29) is 6.92 Å². The Balaban J connectivity index is 2.06. The van der Waals surface area contributed by atoms with E-state index in [4.69, 9.17) is 4.65 Å². The van der Waals surface area contributed by atoms with E-state index in [1.807, 2.05) is 0 Å². The molecule has 0 fully saturated rings. The Kier molecular flexibility index (Phi) is 2.73. The van der Waals surface area contributed by atoms with Gasteiger partial charge in [-0.1, -0.05) is 54.1 Å². The smallest absolute Gasteiger partial charge is 0.361 e. The molecule has 1 aliphatic rings. The molecule has 3 rings (SSSR count). The second-order valence-corrected chi connectivity index (χ2v) is 4.61. The standard InChI is InChI=1S/C15H15BO/c1-12-5-4-7-14(11-12)16-15-8-3-2-6-13(15)9-10-17-16/h2-8,11H,9-10H2,1H3. The Morgan fingerprint density at radius 2 is 1.94 bits per heavy atom. The minimum Gasteiger partial charge on any atom is -0.427 e. The molecule has 0 unspecified atom stereocenters. The van der Waals surface area contributed by atoms with Crippen LogP contribution in [-0.4, -0.2) is 13.5 Å². The van der Waals surface area contributed by atoms with Gasteiger partial charge in [-0.3, -0.25) is 0 Å². The zero-order valence-corrected chi connectivity index (χ0v) is 10.0. The summed E-state index contributed by atoms with van der Waals surface area (Å²) in [6.07, 6.45) is 1.03. The van der Waals surface area contributed by atoms with Crippen molar-refractivity contribution in [1.82, 2.24) is 0 Å². The Hall–Kier alpha value is -1.54. The minimum absolute atomic E-state index is 0.111. The zero-order chi connectivity index (χ0) is 11.7. The van der Waals surface area contributed by atoms with E-state index < -0.39 is 0 Å². The van der Waals surface area contributed by atoms with Crippen molar-refractivity contribution in [3.05, 3.63) is 59.7 Å². The van der Waals surface area contributed by atoms with E-state index in [9.17, 15) is 0 Å². The maximum atomic E-state index is 5.95. The molecule has 0 radical (unpaired) electrons. The monoisotopic (exact) mass is 222 g/mol. The van der Waals surface area contributed by atoms with Crippen LogP contribution < -0.4 is 10.9 Å². The summed E-state index contributed by atoms with van der Waals surface area (Å²) in [5.74, 6) is 0. The summed E-state index contributed by atoms with van der Waals surface area (Å²) in [6.45, 7) is 3.05. The molecule has 0 aromatic heterocycles. The van der Waals surface area contributed by atoms with Crippen LogP contribution in [0.2, 0.25) is 0 Å². The number of aryl methyl sites for hydroxylation is 1. The molecule has 17 heavy (non-hydrogen) atoms. The maximum absolute atomic E-state index is 5.95. The maximum Gasteiger partial charge on any atom is 0.361 e. The lowest BCUT2D eigenvalue weighted by molar-refractivity contribution is 0.330. The SMILES string of the molecule is Cc1cccc(B2OCCc3ccccc32)c1. The van der Waals surface area contributed by atoms with Gasteiger partial charge in [-0.05, 0) is 29.8 Å². The lowest BCUT2D eigenvalue weighted by atomic mass is 9.52. The predicted octanol–water partition coefficient (Wildman–Crippen LogP) is 1.67. The molecule has 2 heteroatoms. The van der Waals surface area contributed by atoms with Gasteiger partial charge in [0.05, 0.1) is 0 Å². The summed E-state index contributed by atoms with van der Waals surface area (Å²) in [6, 6.07) is 17.2. The van der Waals surface area contributed by atoms with Gasteiger partial charge in [0.2, 0.25) is 0 Å². The van der Waals surface area contributed by atoms with E-state index in [1.165, 1.54) is 22.1 Å². The van der Waals surface area contributed by atoms with Gasteiger partial charge in [-0.2, -0.15) is 0 Å². The number of hydrogen-bond donors (Lipinski definition) is 0. The predicted molar refractivity (Wildman–Crippen MR) is 72.3 cm³/mol. The molecular weight excluding hydrogens is 207 g/mol. The molecule has 1 heterocycles. The van der Waals surface area contributed by atoms with E-state index in [0.29, 0.717) is 0 Å². The van der Waals surface area contributed by atoms with Crippen molar-refractivity contribution in [3.63, 3.8) is 0 Å². The fraction of sp³-hybridized carbons (Fsp3) is 0.200. The summed E-state index contributed by atoms with van der Waals surface area (Å²) in [4.78, 5) is 0. The van der Waals surface area contributed by atoms with Crippen molar-refractivity contribution in [2.75, 3.05) is 6.61 Å². The third kappa shape index (κ3) is 2.01. The van der Waals surface area contributed by atoms with Crippen LogP contribution in [0.4, 0.5) is 0 Å². The molecule has 84 valence electrons. The van der Waals surface area contributed by atoms with Crippen molar-refractivity contribution in [2.24, 2.45) is 0 Å². The van der Waals surface area contributed by atoms with Crippen molar-refractivity contribution >= 4 is 17.8 Å². The molecule has 0 aliphatic carbocycles. The van der Waals surface area contributed by atoms with Gasteiger partial charge < -0.3 is 4.65 Å². The summed E-state index contributed by atoms with van der Waals surface area (Å²) in [5.41, 5.74) is 5.29. The molecule has 1 nitrogen and oxygen atoms in total. The van der Waals surface area contributed by atoms with E-state index >= 15 is 0 Å². The van der Waals surface area contributed by atoms with Gasteiger partial charge >= 0.3 is 6.92 Å². The second-order valence-electron chi connectivity index (χ2n) is 4.61. The van der Waals surface area contributed by atoms with Crippen molar-refractivity contribution in [2.45, 2.75) is 13.3 Å². The van der Waals surface area contributed by atoms with Gasteiger partial charge in [0.25, 0.3) is 0 Å². The van der Waals surface area contributed by atoms with Crippen LogP contribution in [0.5, 0.6) is 0 Å². The first-order valence-corrected chi connectivity index (χ1v) is 6.10. The zero-order valence-electron chi connectivity index (χ0n) is 10.0. The molecular formula is C15H15BO. The highest BCUT2D eigenvalue weighted by Crippen LogP contribution is 2.08.